The van der Waals surface area contributed by atoms with E-state index in [-0.39, 0.29) is 5.78 Å². The van der Waals surface area contributed by atoms with Crippen LogP contribution in [0.1, 0.15) is 21.5 Å². The summed E-state index contributed by atoms with van der Waals surface area (Å²) in [6.07, 6.45) is 6.19. The van der Waals surface area contributed by atoms with Crippen molar-refractivity contribution >= 4 is 22.6 Å². The Bertz CT molecular complexity index is 873. The fourth-order valence-corrected chi connectivity index (χ4v) is 2.96. The van der Waals surface area contributed by atoms with E-state index < -0.39 is 0 Å². The molecule has 3 aromatic rings. The van der Waals surface area contributed by atoms with Crippen molar-refractivity contribution in [2.24, 2.45) is 0 Å². The number of rotatable bonds is 2. The van der Waals surface area contributed by atoms with Crippen LogP contribution in [0.2, 0.25) is 0 Å². The molecule has 1 aliphatic carbocycles. The Morgan fingerprint density at radius 1 is 0.905 bits per heavy atom. The van der Waals surface area contributed by atoms with Crippen molar-refractivity contribution in [2.75, 3.05) is 0 Å². The maximum Gasteiger partial charge on any atom is 0.190 e. The van der Waals surface area contributed by atoms with E-state index in [1.54, 1.807) is 12.4 Å². The van der Waals surface area contributed by atoms with Gasteiger partial charge in [0, 0.05) is 35.3 Å². The van der Waals surface area contributed by atoms with Gasteiger partial charge >= 0.3 is 0 Å². The van der Waals surface area contributed by atoms with Crippen LogP contribution in [0.5, 0.6) is 0 Å². The van der Waals surface area contributed by atoms with Gasteiger partial charge in [-0.1, -0.05) is 36.4 Å². The Balaban J connectivity index is 1.86. The minimum atomic E-state index is 0.135. The fraction of sp³-hybridized carbons (Fsp3) is 0.0526. The molecule has 0 amide bonds. The van der Waals surface area contributed by atoms with Gasteiger partial charge in [0.15, 0.2) is 5.78 Å². The summed E-state index contributed by atoms with van der Waals surface area (Å²) < 4.78 is 0. The molecule has 0 unspecified atom stereocenters. The summed E-state index contributed by atoms with van der Waals surface area (Å²) in [7, 11) is 0. The number of carbonyl (C=O) groups is 1. The molecule has 0 saturated carbocycles. The first-order valence-electron chi connectivity index (χ1n) is 6.99. The van der Waals surface area contributed by atoms with Gasteiger partial charge < -0.3 is 0 Å². The van der Waals surface area contributed by atoms with E-state index in [0.717, 1.165) is 33.0 Å². The highest BCUT2D eigenvalue weighted by molar-refractivity contribution is 6.22. The third kappa shape index (κ3) is 1.96. The van der Waals surface area contributed by atoms with Gasteiger partial charge in [0.1, 0.15) is 0 Å². The summed E-state index contributed by atoms with van der Waals surface area (Å²) in [5.74, 6) is 0.135. The summed E-state index contributed by atoms with van der Waals surface area (Å²) in [6, 6.07) is 16.0. The van der Waals surface area contributed by atoms with Crippen LogP contribution in [0.15, 0.2) is 66.5 Å². The lowest BCUT2D eigenvalue weighted by molar-refractivity contribution is 0.103. The van der Waals surface area contributed by atoms with Crippen molar-refractivity contribution in [3.63, 3.8) is 0 Å². The number of Topliss-reactive ketones (excluding diaryl/α,β-unsaturated/α-hetero) is 1. The number of benzene rings is 2. The second kappa shape index (κ2) is 4.67. The fourth-order valence-electron chi connectivity index (χ4n) is 2.96. The van der Waals surface area contributed by atoms with Crippen LogP contribution >= 0.6 is 0 Å². The van der Waals surface area contributed by atoms with Crippen molar-refractivity contribution in [2.45, 2.75) is 6.42 Å². The molecule has 0 aliphatic heterocycles. The molecule has 4 rings (SSSR count). The minimum absolute atomic E-state index is 0.135. The van der Waals surface area contributed by atoms with Crippen LogP contribution in [0.4, 0.5) is 0 Å². The maximum absolute atomic E-state index is 12.7. The van der Waals surface area contributed by atoms with Crippen LogP contribution in [0.25, 0.3) is 16.8 Å². The van der Waals surface area contributed by atoms with E-state index >= 15 is 0 Å². The van der Waals surface area contributed by atoms with Crippen molar-refractivity contribution in [3.05, 3.63) is 83.2 Å². The van der Waals surface area contributed by atoms with Crippen molar-refractivity contribution < 1.29 is 4.79 Å². The zero-order valence-electron chi connectivity index (χ0n) is 11.4. The molecule has 1 aliphatic rings. The molecular formula is C19H13NO. The monoisotopic (exact) mass is 271 g/mol. The normalized spacial score (nSPS) is 13.3. The van der Waals surface area contributed by atoms with Gasteiger partial charge in [0.2, 0.25) is 0 Å². The molecule has 0 atom stereocenters. The number of aromatic nitrogens is 1. The number of allylic oxidation sites excluding steroid dienone is 1. The number of hydrogen-bond acceptors (Lipinski definition) is 2. The third-order valence-corrected chi connectivity index (χ3v) is 3.95. The van der Waals surface area contributed by atoms with Gasteiger partial charge in [-0.3, -0.25) is 9.78 Å². The first-order chi connectivity index (χ1) is 10.3. The molecule has 0 radical (unpaired) electrons. The second-order valence-corrected chi connectivity index (χ2v) is 5.28. The number of carbonyl (C=O) groups excluding carboxylic acids is 1. The van der Waals surface area contributed by atoms with Gasteiger partial charge in [-0.05, 0) is 34.7 Å². The summed E-state index contributed by atoms with van der Waals surface area (Å²) in [5.41, 5.74) is 3.89. The number of nitrogens with zero attached hydrogens (tertiary/aromatic N) is 1. The number of ketones is 1. The highest BCUT2D eigenvalue weighted by Gasteiger charge is 2.21. The van der Waals surface area contributed by atoms with Crippen LogP contribution in [0, 0.1) is 0 Å². The van der Waals surface area contributed by atoms with Gasteiger partial charge in [0.05, 0.1) is 0 Å². The molecule has 0 bridgehead atoms. The second-order valence-electron chi connectivity index (χ2n) is 5.28. The van der Waals surface area contributed by atoms with Crippen molar-refractivity contribution in [1.82, 2.24) is 4.98 Å². The molecular weight excluding hydrogens is 258 g/mol. The maximum atomic E-state index is 12.7. The van der Waals surface area contributed by atoms with E-state index in [0.29, 0.717) is 6.42 Å². The van der Waals surface area contributed by atoms with Crippen molar-refractivity contribution in [1.29, 1.82) is 0 Å². The lowest BCUT2D eigenvalue weighted by Gasteiger charge is -2.17. The molecule has 1 heterocycles. The Labute approximate surface area is 122 Å². The van der Waals surface area contributed by atoms with E-state index in [1.807, 2.05) is 36.4 Å². The molecule has 0 saturated heterocycles. The summed E-state index contributed by atoms with van der Waals surface area (Å²) in [6.45, 7) is 0. The smallest absolute Gasteiger partial charge is 0.190 e. The minimum Gasteiger partial charge on any atom is -0.289 e. The zero-order chi connectivity index (χ0) is 14.2. The van der Waals surface area contributed by atoms with E-state index in [1.165, 1.54) is 0 Å². The zero-order valence-corrected chi connectivity index (χ0v) is 11.4. The predicted octanol–water partition coefficient (Wildman–Crippen LogP) is 4.06. The molecule has 0 spiro atoms. The SMILES string of the molecule is O=C1C(Cc2ccncc2)=Cc2cccc3cccc1c23. The highest BCUT2D eigenvalue weighted by atomic mass is 16.1. The van der Waals surface area contributed by atoms with Crippen LogP contribution in [0.3, 0.4) is 0 Å². The molecule has 2 nitrogen and oxygen atoms in total. The Hall–Kier alpha value is -2.74. The van der Waals surface area contributed by atoms with E-state index in [9.17, 15) is 4.79 Å². The number of pyridine rings is 1. The Morgan fingerprint density at radius 3 is 2.48 bits per heavy atom. The van der Waals surface area contributed by atoms with E-state index in [2.05, 4.69) is 23.2 Å². The quantitative estimate of drug-likeness (QED) is 0.703. The van der Waals surface area contributed by atoms with Gasteiger partial charge in [-0.2, -0.15) is 0 Å². The van der Waals surface area contributed by atoms with Crippen LogP contribution in [-0.4, -0.2) is 10.8 Å². The topological polar surface area (TPSA) is 30.0 Å². The molecule has 2 aromatic carbocycles. The molecule has 2 heteroatoms. The lowest BCUT2D eigenvalue weighted by Crippen LogP contribution is -2.11. The first kappa shape index (κ1) is 12.0. The molecule has 21 heavy (non-hydrogen) atoms. The Morgan fingerprint density at radius 2 is 1.67 bits per heavy atom. The van der Waals surface area contributed by atoms with Crippen molar-refractivity contribution in [3.8, 4) is 0 Å². The molecule has 1 aromatic heterocycles. The van der Waals surface area contributed by atoms with Gasteiger partial charge in [-0.25, -0.2) is 0 Å². The molecule has 0 fully saturated rings. The average Bonchev–Trinajstić information content (AvgIpc) is 2.53. The number of hydrogen-bond donors (Lipinski definition) is 0. The van der Waals surface area contributed by atoms with Crippen LogP contribution in [-0.2, 0) is 6.42 Å². The van der Waals surface area contributed by atoms with Gasteiger partial charge in [0.25, 0.3) is 0 Å². The Kier molecular flexibility index (Phi) is 2.68. The third-order valence-electron chi connectivity index (χ3n) is 3.95. The van der Waals surface area contributed by atoms with E-state index in [4.69, 9.17) is 0 Å². The highest BCUT2D eigenvalue weighted by Crippen LogP contribution is 2.32. The first-order valence-corrected chi connectivity index (χ1v) is 6.99. The molecule has 100 valence electrons. The van der Waals surface area contributed by atoms with Gasteiger partial charge in [-0.15, -0.1) is 0 Å². The summed E-state index contributed by atoms with van der Waals surface area (Å²) >= 11 is 0. The molecule has 0 N–H and O–H groups in total. The summed E-state index contributed by atoms with van der Waals surface area (Å²) in [5, 5.41) is 2.20. The lowest BCUT2D eigenvalue weighted by atomic mass is 9.86. The largest absolute Gasteiger partial charge is 0.289 e. The standard InChI is InChI=1S/C19H13NO/c21-19-16(11-13-7-9-20-10-8-13)12-15-5-1-3-14-4-2-6-17(19)18(14)15/h1-10,12H,11H2. The summed E-state index contributed by atoms with van der Waals surface area (Å²) in [4.78, 5) is 16.7. The van der Waals surface area contributed by atoms with Crippen LogP contribution < -0.4 is 0 Å². The average molecular weight is 271 g/mol. The predicted molar refractivity (Wildman–Crippen MR) is 84.2 cm³/mol.